The number of halogens is 1. The van der Waals surface area contributed by atoms with Crippen molar-refractivity contribution in [3.05, 3.63) is 57.0 Å². The predicted octanol–water partition coefficient (Wildman–Crippen LogP) is 2.43. The van der Waals surface area contributed by atoms with E-state index in [1.54, 1.807) is 25.1 Å². The second-order valence-corrected chi connectivity index (χ2v) is 4.97. The minimum atomic E-state index is -1.09. The van der Waals surface area contributed by atoms with Gasteiger partial charge in [-0.2, -0.15) is 5.26 Å². The van der Waals surface area contributed by atoms with Gasteiger partial charge in [0.05, 0.1) is 11.6 Å². The number of carbonyl (C=O) groups is 1. The third kappa shape index (κ3) is 3.12. The summed E-state index contributed by atoms with van der Waals surface area (Å²) in [6, 6.07) is 8.18. The van der Waals surface area contributed by atoms with Gasteiger partial charge in [-0.25, -0.2) is 0 Å². The first-order valence-electron chi connectivity index (χ1n) is 6.05. The van der Waals surface area contributed by atoms with Crippen LogP contribution in [-0.2, 0) is 11.3 Å². The van der Waals surface area contributed by atoms with Crippen molar-refractivity contribution in [2.24, 2.45) is 0 Å². The van der Waals surface area contributed by atoms with Crippen LogP contribution in [0.3, 0.4) is 0 Å². The number of hydrogen-bond acceptors (Lipinski definition) is 3. The van der Waals surface area contributed by atoms with Crippen LogP contribution in [0, 0.1) is 18.3 Å². The lowest BCUT2D eigenvalue weighted by Crippen LogP contribution is -2.23. The summed E-state index contributed by atoms with van der Waals surface area (Å²) in [5.74, 6) is -1.09. The van der Waals surface area contributed by atoms with E-state index in [4.69, 9.17) is 22.0 Å². The fourth-order valence-corrected chi connectivity index (χ4v) is 2.26. The highest BCUT2D eigenvalue weighted by Crippen LogP contribution is 2.28. The minimum Gasteiger partial charge on any atom is -0.480 e. The average Bonchev–Trinajstić information content (AvgIpc) is 2.42. The SMILES string of the molecule is Cc1cn(CC(=O)O)c(=O)cc1-c1cc(Cl)ccc1C#N. The highest BCUT2D eigenvalue weighted by Gasteiger charge is 2.12. The second-order valence-electron chi connectivity index (χ2n) is 4.53. The van der Waals surface area contributed by atoms with Crippen LogP contribution in [0.1, 0.15) is 11.1 Å². The van der Waals surface area contributed by atoms with Gasteiger partial charge in [-0.15, -0.1) is 0 Å². The van der Waals surface area contributed by atoms with Crippen molar-refractivity contribution in [1.82, 2.24) is 4.57 Å². The third-order valence-electron chi connectivity index (χ3n) is 3.02. The topological polar surface area (TPSA) is 83.1 Å². The molecule has 0 unspecified atom stereocenters. The Balaban J connectivity index is 2.64. The van der Waals surface area contributed by atoms with Crippen LogP contribution in [0.25, 0.3) is 11.1 Å². The van der Waals surface area contributed by atoms with Gasteiger partial charge in [-0.1, -0.05) is 11.6 Å². The van der Waals surface area contributed by atoms with Gasteiger partial charge >= 0.3 is 5.97 Å². The first-order chi connectivity index (χ1) is 9.92. The molecule has 0 atom stereocenters. The highest BCUT2D eigenvalue weighted by molar-refractivity contribution is 6.30. The number of hydrogen-bond donors (Lipinski definition) is 1. The number of carboxylic acid groups (broad SMARTS) is 1. The Morgan fingerprint density at radius 2 is 2.10 bits per heavy atom. The van der Waals surface area contributed by atoms with E-state index in [9.17, 15) is 9.59 Å². The molecule has 1 N–H and O–H groups in total. The molecular formula is C15H11ClN2O3. The Morgan fingerprint density at radius 1 is 1.38 bits per heavy atom. The van der Waals surface area contributed by atoms with Crippen LogP contribution in [0.5, 0.6) is 0 Å². The molecule has 2 rings (SSSR count). The maximum Gasteiger partial charge on any atom is 0.323 e. The lowest BCUT2D eigenvalue weighted by molar-refractivity contribution is -0.137. The molecule has 5 nitrogen and oxygen atoms in total. The number of nitriles is 1. The van der Waals surface area contributed by atoms with Crippen molar-refractivity contribution in [3.8, 4) is 17.2 Å². The molecule has 0 spiro atoms. The minimum absolute atomic E-state index is 0.401. The normalized spacial score (nSPS) is 10.1. The summed E-state index contributed by atoms with van der Waals surface area (Å²) in [7, 11) is 0. The molecule has 6 heteroatoms. The summed E-state index contributed by atoms with van der Waals surface area (Å²) >= 11 is 5.95. The monoisotopic (exact) mass is 302 g/mol. The highest BCUT2D eigenvalue weighted by atomic mass is 35.5. The lowest BCUT2D eigenvalue weighted by Gasteiger charge is -2.11. The van der Waals surface area contributed by atoms with E-state index >= 15 is 0 Å². The van der Waals surface area contributed by atoms with Crippen molar-refractivity contribution < 1.29 is 9.90 Å². The summed E-state index contributed by atoms with van der Waals surface area (Å²) in [4.78, 5) is 22.7. The van der Waals surface area contributed by atoms with Crippen molar-refractivity contribution >= 4 is 17.6 Å². The molecule has 0 saturated heterocycles. The molecule has 21 heavy (non-hydrogen) atoms. The number of rotatable bonds is 3. The van der Waals surface area contributed by atoms with Crippen LogP contribution >= 0.6 is 11.6 Å². The van der Waals surface area contributed by atoms with Gasteiger partial charge in [0, 0.05) is 22.8 Å². The van der Waals surface area contributed by atoms with E-state index in [1.807, 2.05) is 0 Å². The number of pyridine rings is 1. The van der Waals surface area contributed by atoms with Crippen LogP contribution in [-0.4, -0.2) is 15.6 Å². The average molecular weight is 303 g/mol. The summed E-state index contributed by atoms with van der Waals surface area (Å²) in [6.45, 7) is 1.34. The maximum atomic E-state index is 12.0. The van der Waals surface area contributed by atoms with Crippen molar-refractivity contribution in [2.45, 2.75) is 13.5 Å². The predicted molar refractivity (Wildman–Crippen MR) is 78.2 cm³/mol. The van der Waals surface area contributed by atoms with Gasteiger partial charge in [-0.3, -0.25) is 9.59 Å². The van der Waals surface area contributed by atoms with Gasteiger partial charge < -0.3 is 9.67 Å². The molecule has 106 valence electrons. The molecule has 1 heterocycles. The van der Waals surface area contributed by atoms with E-state index in [1.165, 1.54) is 12.3 Å². The van der Waals surface area contributed by atoms with Gasteiger partial charge in [0.2, 0.25) is 0 Å². The molecule has 2 aromatic rings. The summed E-state index contributed by atoms with van der Waals surface area (Å²) < 4.78 is 1.11. The fraction of sp³-hybridized carbons (Fsp3) is 0.133. The zero-order valence-electron chi connectivity index (χ0n) is 11.1. The summed E-state index contributed by atoms with van der Waals surface area (Å²) in [5, 5.41) is 18.4. The van der Waals surface area contributed by atoms with Gasteiger partial charge in [0.15, 0.2) is 0 Å². The molecule has 0 aliphatic carbocycles. The first kappa shape index (κ1) is 14.8. The standard InChI is InChI=1S/C15H11ClN2O3/c1-9-7-18(8-15(20)21)14(19)5-12(9)13-4-11(16)3-2-10(13)6-17/h2-5,7H,8H2,1H3,(H,20,21). The van der Waals surface area contributed by atoms with E-state index in [-0.39, 0.29) is 0 Å². The Kier molecular flexibility index (Phi) is 4.10. The zero-order chi connectivity index (χ0) is 15.6. The van der Waals surface area contributed by atoms with E-state index in [0.29, 0.717) is 27.3 Å². The van der Waals surface area contributed by atoms with E-state index in [2.05, 4.69) is 6.07 Å². The number of benzene rings is 1. The molecule has 0 saturated carbocycles. The number of aromatic nitrogens is 1. The molecule has 0 bridgehead atoms. The smallest absolute Gasteiger partial charge is 0.323 e. The molecular weight excluding hydrogens is 292 g/mol. The molecule has 0 amide bonds. The van der Waals surface area contributed by atoms with Crippen molar-refractivity contribution in [2.75, 3.05) is 0 Å². The molecule has 1 aromatic carbocycles. The third-order valence-corrected chi connectivity index (χ3v) is 3.26. The Morgan fingerprint density at radius 3 is 2.71 bits per heavy atom. The van der Waals surface area contributed by atoms with Crippen molar-refractivity contribution in [3.63, 3.8) is 0 Å². The largest absolute Gasteiger partial charge is 0.480 e. The molecule has 0 aliphatic heterocycles. The first-order valence-corrected chi connectivity index (χ1v) is 6.43. The zero-order valence-corrected chi connectivity index (χ0v) is 11.9. The summed E-state index contributed by atoms with van der Waals surface area (Å²) in [5.41, 5.74) is 1.78. The number of aliphatic carboxylic acids is 1. The molecule has 0 radical (unpaired) electrons. The maximum absolute atomic E-state index is 12.0. The number of nitrogens with zero attached hydrogens (tertiary/aromatic N) is 2. The number of aryl methyl sites for hydroxylation is 1. The van der Waals surface area contributed by atoms with Crippen molar-refractivity contribution in [1.29, 1.82) is 5.26 Å². The van der Waals surface area contributed by atoms with Gasteiger partial charge in [0.1, 0.15) is 6.54 Å². The summed E-state index contributed by atoms with van der Waals surface area (Å²) in [6.07, 6.45) is 1.47. The molecule has 1 aromatic heterocycles. The lowest BCUT2D eigenvalue weighted by atomic mass is 9.98. The van der Waals surface area contributed by atoms with E-state index < -0.39 is 18.1 Å². The molecule has 0 fully saturated rings. The Hall–Kier alpha value is -2.58. The van der Waals surface area contributed by atoms with E-state index in [0.717, 1.165) is 4.57 Å². The van der Waals surface area contributed by atoms with Crippen LogP contribution < -0.4 is 5.56 Å². The Labute approximate surface area is 125 Å². The van der Waals surface area contributed by atoms with Gasteiger partial charge in [0.25, 0.3) is 5.56 Å². The van der Waals surface area contributed by atoms with Gasteiger partial charge in [-0.05, 0) is 36.2 Å². The quantitative estimate of drug-likeness (QED) is 0.944. The Bertz CT molecular complexity index is 819. The van der Waals surface area contributed by atoms with Crippen LogP contribution in [0.4, 0.5) is 0 Å². The molecule has 0 aliphatic rings. The fourth-order valence-electron chi connectivity index (χ4n) is 2.08. The van der Waals surface area contributed by atoms with Crippen LogP contribution in [0.15, 0.2) is 35.3 Å². The van der Waals surface area contributed by atoms with Crippen LogP contribution in [0.2, 0.25) is 5.02 Å². The second kappa shape index (κ2) is 5.81. The number of carboxylic acids is 1.